The molecule has 6 heteroatoms. The molecule has 0 amide bonds. The van der Waals surface area contributed by atoms with Crippen LogP contribution in [0.5, 0.6) is 0 Å². The zero-order valence-corrected chi connectivity index (χ0v) is 11.7. The van der Waals surface area contributed by atoms with Gasteiger partial charge in [0, 0.05) is 35.3 Å². The highest BCUT2D eigenvalue weighted by Gasteiger charge is 2.17. The monoisotopic (exact) mass is 315 g/mol. The van der Waals surface area contributed by atoms with Crippen LogP contribution in [0.15, 0.2) is 16.7 Å². The number of thioether (sulfide) groups is 1. The number of hydrogen-bond acceptors (Lipinski definition) is 5. The Labute approximate surface area is 111 Å². The lowest BCUT2D eigenvalue weighted by atomic mass is 10.3. The molecule has 1 fully saturated rings. The minimum absolute atomic E-state index is 0.992. The number of aromatic nitrogens is 2. The number of nitrogens with zero attached hydrogens (tertiary/aromatic N) is 3. The van der Waals surface area contributed by atoms with Gasteiger partial charge in [0.25, 0.3) is 0 Å². The third-order valence-electron chi connectivity index (χ3n) is 2.57. The minimum Gasteiger partial charge on any atom is -0.359 e. The zero-order valence-electron chi connectivity index (χ0n) is 8.52. The van der Waals surface area contributed by atoms with Gasteiger partial charge >= 0.3 is 0 Å². The fourth-order valence-electron chi connectivity index (χ4n) is 1.77. The number of rotatable bonds is 1. The fraction of sp³-hybridized carbons (Fsp3) is 0.400. The Morgan fingerprint density at radius 2 is 2.12 bits per heavy atom. The van der Waals surface area contributed by atoms with E-state index in [-0.39, 0.29) is 0 Å². The Hall–Kier alpha value is -0.330. The molecular weight excluding hydrogens is 306 g/mol. The van der Waals surface area contributed by atoms with Crippen LogP contribution in [0.2, 0.25) is 0 Å². The molecule has 1 aliphatic heterocycles. The van der Waals surface area contributed by atoms with Gasteiger partial charge in [-0.05, 0) is 33.5 Å². The largest absolute Gasteiger partial charge is 0.359 e. The molecule has 0 aliphatic carbocycles. The Kier molecular flexibility index (Phi) is 3.04. The average molecular weight is 316 g/mol. The number of pyridine rings is 1. The Balaban J connectivity index is 2.03. The van der Waals surface area contributed by atoms with Crippen LogP contribution in [0.1, 0.15) is 0 Å². The van der Waals surface area contributed by atoms with Crippen LogP contribution in [0.25, 0.3) is 11.0 Å². The second-order valence-electron chi connectivity index (χ2n) is 3.61. The van der Waals surface area contributed by atoms with Crippen LogP contribution in [-0.2, 0) is 0 Å². The summed E-state index contributed by atoms with van der Waals surface area (Å²) < 4.78 is 5.45. The molecule has 0 aromatic carbocycles. The summed E-state index contributed by atoms with van der Waals surface area (Å²) in [5.41, 5.74) is 2.03. The van der Waals surface area contributed by atoms with Gasteiger partial charge in [-0.1, -0.05) is 0 Å². The van der Waals surface area contributed by atoms with Crippen LogP contribution in [0.3, 0.4) is 0 Å². The molecule has 1 aliphatic rings. The predicted octanol–water partition coefficient (Wildman–Crippen LogP) is 3.01. The lowest BCUT2D eigenvalue weighted by Gasteiger charge is -2.26. The summed E-state index contributed by atoms with van der Waals surface area (Å²) in [5, 5.41) is 1.22. The van der Waals surface area contributed by atoms with Crippen LogP contribution in [-0.4, -0.2) is 34.0 Å². The van der Waals surface area contributed by atoms with E-state index in [1.165, 1.54) is 16.5 Å². The standard InChI is InChI=1S/C10H10BrN3S2/c11-7-5-8-9(12-6-7)10(16-13-8)14-1-3-15-4-2-14/h5-6H,1-4H2. The molecule has 16 heavy (non-hydrogen) atoms. The lowest BCUT2D eigenvalue weighted by molar-refractivity contribution is 0.870. The summed E-state index contributed by atoms with van der Waals surface area (Å²) in [4.78, 5) is 6.87. The SMILES string of the molecule is Brc1cnc2c(N3CCSCC3)snc2c1. The van der Waals surface area contributed by atoms with E-state index in [2.05, 4.69) is 30.2 Å². The van der Waals surface area contributed by atoms with Gasteiger partial charge in [0.05, 0.1) is 0 Å². The predicted molar refractivity (Wildman–Crippen MR) is 74.7 cm³/mol. The highest BCUT2D eigenvalue weighted by molar-refractivity contribution is 9.10. The van der Waals surface area contributed by atoms with Crippen molar-refractivity contribution in [1.82, 2.24) is 9.36 Å². The van der Waals surface area contributed by atoms with Gasteiger partial charge in [-0.25, -0.2) is 0 Å². The first-order valence-electron chi connectivity index (χ1n) is 5.08. The molecule has 0 bridgehead atoms. The van der Waals surface area contributed by atoms with E-state index in [0.717, 1.165) is 28.6 Å². The summed E-state index contributed by atoms with van der Waals surface area (Å²) in [6.07, 6.45) is 1.85. The van der Waals surface area contributed by atoms with Crippen LogP contribution in [0, 0.1) is 0 Å². The summed E-state index contributed by atoms with van der Waals surface area (Å²) in [6.45, 7) is 2.22. The molecule has 3 heterocycles. The average Bonchev–Trinajstić information content (AvgIpc) is 2.73. The lowest BCUT2D eigenvalue weighted by Crippen LogP contribution is -2.31. The molecule has 0 atom stereocenters. The molecule has 1 saturated heterocycles. The van der Waals surface area contributed by atoms with Crippen LogP contribution in [0.4, 0.5) is 5.00 Å². The minimum atomic E-state index is 0.992. The summed E-state index contributed by atoms with van der Waals surface area (Å²) in [5.74, 6) is 2.41. The number of fused-ring (bicyclic) bond motifs is 1. The topological polar surface area (TPSA) is 29.0 Å². The summed E-state index contributed by atoms with van der Waals surface area (Å²) in [6, 6.07) is 2.03. The fourth-order valence-corrected chi connectivity index (χ4v) is 3.86. The highest BCUT2D eigenvalue weighted by atomic mass is 79.9. The van der Waals surface area contributed by atoms with Gasteiger partial charge in [0.2, 0.25) is 0 Å². The van der Waals surface area contributed by atoms with Crippen molar-refractivity contribution in [1.29, 1.82) is 0 Å². The molecule has 84 valence electrons. The summed E-state index contributed by atoms with van der Waals surface area (Å²) in [7, 11) is 0. The van der Waals surface area contributed by atoms with Crippen LogP contribution >= 0.6 is 39.2 Å². The molecule has 0 unspecified atom stereocenters. The normalized spacial score (nSPS) is 16.9. The van der Waals surface area contributed by atoms with E-state index in [4.69, 9.17) is 0 Å². The molecular formula is C10H10BrN3S2. The van der Waals surface area contributed by atoms with Crippen molar-refractivity contribution in [2.45, 2.75) is 0 Å². The third-order valence-corrected chi connectivity index (χ3v) is 4.85. The Morgan fingerprint density at radius 3 is 2.94 bits per heavy atom. The molecule has 0 spiro atoms. The van der Waals surface area contributed by atoms with Crippen molar-refractivity contribution < 1.29 is 0 Å². The van der Waals surface area contributed by atoms with E-state index in [1.807, 2.05) is 24.0 Å². The van der Waals surface area contributed by atoms with Gasteiger partial charge in [-0.15, -0.1) is 0 Å². The van der Waals surface area contributed by atoms with Crippen molar-refractivity contribution >= 4 is 55.3 Å². The molecule has 2 aromatic rings. The van der Waals surface area contributed by atoms with Gasteiger partial charge in [0.1, 0.15) is 16.0 Å². The maximum Gasteiger partial charge on any atom is 0.138 e. The highest BCUT2D eigenvalue weighted by Crippen LogP contribution is 2.32. The molecule has 2 aromatic heterocycles. The maximum atomic E-state index is 4.47. The number of anilines is 1. The van der Waals surface area contributed by atoms with Crippen molar-refractivity contribution in [3.63, 3.8) is 0 Å². The summed E-state index contributed by atoms with van der Waals surface area (Å²) >= 11 is 7.00. The van der Waals surface area contributed by atoms with Gasteiger partial charge < -0.3 is 4.90 Å². The van der Waals surface area contributed by atoms with Crippen molar-refractivity contribution in [3.8, 4) is 0 Å². The molecule has 0 N–H and O–H groups in total. The van der Waals surface area contributed by atoms with Crippen LogP contribution < -0.4 is 4.90 Å². The van der Waals surface area contributed by atoms with E-state index in [9.17, 15) is 0 Å². The van der Waals surface area contributed by atoms with Gasteiger partial charge in [0.15, 0.2) is 0 Å². The van der Waals surface area contributed by atoms with E-state index in [0.29, 0.717) is 0 Å². The smallest absolute Gasteiger partial charge is 0.138 e. The van der Waals surface area contributed by atoms with Crippen molar-refractivity contribution in [3.05, 3.63) is 16.7 Å². The van der Waals surface area contributed by atoms with Gasteiger partial charge in [-0.2, -0.15) is 16.1 Å². The molecule has 3 rings (SSSR count). The second-order valence-corrected chi connectivity index (χ2v) is 6.50. The number of halogens is 1. The first-order chi connectivity index (χ1) is 7.84. The maximum absolute atomic E-state index is 4.47. The van der Waals surface area contributed by atoms with E-state index in [1.54, 1.807) is 11.5 Å². The Morgan fingerprint density at radius 1 is 1.31 bits per heavy atom. The second kappa shape index (κ2) is 4.50. The van der Waals surface area contributed by atoms with E-state index < -0.39 is 0 Å². The van der Waals surface area contributed by atoms with Gasteiger partial charge in [-0.3, -0.25) is 4.98 Å². The van der Waals surface area contributed by atoms with Crippen molar-refractivity contribution in [2.75, 3.05) is 29.5 Å². The molecule has 0 saturated carbocycles. The first-order valence-corrected chi connectivity index (χ1v) is 7.80. The quantitative estimate of drug-likeness (QED) is 0.809. The number of hydrogen-bond donors (Lipinski definition) is 0. The Bertz CT molecular complexity index is 508. The first kappa shape index (κ1) is 10.8. The molecule has 3 nitrogen and oxygen atoms in total. The van der Waals surface area contributed by atoms with Crippen molar-refractivity contribution in [2.24, 2.45) is 0 Å². The van der Waals surface area contributed by atoms with E-state index >= 15 is 0 Å². The third kappa shape index (κ3) is 1.94. The molecule has 0 radical (unpaired) electrons. The zero-order chi connectivity index (χ0) is 11.0.